The minimum absolute atomic E-state index is 0.167. The van der Waals surface area contributed by atoms with Crippen LogP contribution in [-0.4, -0.2) is 63.9 Å². The van der Waals surface area contributed by atoms with Gasteiger partial charge in [-0.05, 0) is 6.42 Å². The van der Waals surface area contributed by atoms with Gasteiger partial charge in [0.25, 0.3) is 0 Å². The molecule has 0 saturated carbocycles. The van der Waals surface area contributed by atoms with Gasteiger partial charge >= 0.3 is 6.18 Å². The van der Waals surface area contributed by atoms with Gasteiger partial charge in [-0.15, -0.1) is 0 Å². The number of hydrogen-bond donors (Lipinski definition) is 1. The molecule has 0 saturated heterocycles. The van der Waals surface area contributed by atoms with E-state index in [1.54, 1.807) is 6.92 Å². The van der Waals surface area contributed by atoms with Crippen molar-refractivity contribution in [2.24, 2.45) is 0 Å². The van der Waals surface area contributed by atoms with Crippen LogP contribution in [0.2, 0.25) is 0 Å². The highest BCUT2D eigenvalue weighted by Gasteiger charge is 2.27. The maximum absolute atomic E-state index is 11.7. The van der Waals surface area contributed by atoms with Crippen LogP contribution in [0.3, 0.4) is 0 Å². The molecule has 0 fully saturated rings. The average molecular weight is 320 g/mol. The second kappa shape index (κ2) is 8.42. The molecule has 1 N–H and O–H groups in total. The van der Waals surface area contributed by atoms with E-state index in [0.29, 0.717) is 13.0 Å². The topological polar surface area (TPSA) is 75.7 Å². The maximum Gasteiger partial charge on any atom is 0.411 e. The van der Waals surface area contributed by atoms with Crippen LogP contribution in [0.4, 0.5) is 13.2 Å². The molecule has 0 aliphatic heterocycles. The molecule has 0 aromatic carbocycles. The van der Waals surface area contributed by atoms with E-state index < -0.39 is 35.3 Å². The zero-order chi connectivity index (χ0) is 15.8. The van der Waals surface area contributed by atoms with Gasteiger partial charge in [0, 0.05) is 19.6 Å². The number of alkyl halides is 3. The Labute approximate surface area is 116 Å². The fourth-order valence-corrected chi connectivity index (χ4v) is 2.28. The van der Waals surface area contributed by atoms with Crippen molar-refractivity contribution in [3.8, 4) is 0 Å². The lowest BCUT2D eigenvalue weighted by Gasteiger charge is -2.17. The summed E-state index contributed by atoms with van der Waals surface area (Å²) in [6.45, 7) is 0.256. The van der Waals surface area contributed by atoms with Crippen molar-refractivity contribution in [2.45, 2.75) is 19.5 Å². The van der Waals surface area contributed by atoms with E-state index in [0.717, 1.165) is 6.26 Å². The van der Waals surface area contributed by atoms with Crippen molar-refractivity contribution in [3.63, 3.8) is 0 Å². The number of rotatable bonds is 9. The molecule has 0 atom stereocenters. The van der Waals surface area contributed by atoms with Crippen LogP contribution in [0.15, 0.2) is 0 Å². The Morgan fingerprint density at radius 3 is 2.40 bits per heavy atom. The lowest BCUT2D eigenvalue weighted by atomic mass is 10.4. The molecule has 0 aromatic rings. The highest BCUT2D eigenvalue weighted by Crippen LogP contribution is 2.13. The first-order valence-corrected chi connectivity index (χ1v) is 7.77. The molecule has 20 heavy (non-hydrogen) atoms. The second-order valence-corrected chi connectivity index (χ2v) is 6.05. The Balaban J connectivity index is 3.77. The van der Waals surface area contributed by atoms with E-state index in [2.05, 4.69) is 10.1 Å². The molecule has 0 bridgehead atoms. The molecule has 0 spiro atoms. The molecule has 0 rings (SSSR count). The largest absolute Gasteiger partial charge is 0.411 e. The van der Waals surface area contributed by atoms with E-state index in [9.17, 15) is 26.4 Å². The Hall–Kier alpha value is -0.870. The number of carbonyl (C=O) groups is 1. The quantitative estimate of drug-likeness (QED) is 0.622. The monoisotopic (exact) mass is 320 g/mol. The zero-order valence-electron chi connectivity index (χ0n) is 11.4. The van der Waals surface area contributed by atoms with Crippen LogP contribution in [0.5, 0.6) is 0 Å². The Kier molecular flexibility index (Phi) is 8.06. The minimum Gasteiger partial charge on any atom is -0.362 e. The van der Waals surface area contributed by atoms with E-state index in [-0.39, 0.29) is 13.1 Å². The standard InChI is InChI=1S/C10H19F3N2O4S/c1-3-15(20(2,17)18)6-4-5-14-9(16)7-19-8-10(11,12)13/h3-8H2,1-2H3,(H,14,16). The first kappa shape index (κ1) is 19.1. The van der Waals surface area contributed by atoms with Crippen molar-refractivity contribution >= 4 is 15.9 Å². The molecule has 0 aliphatic rings. The SMILES string of the molecule is CCN(CCCNC(=O)COCC(F)(F)F)S(C)(=O)=O. The van der Waals surface area contributed by atoms with Gasteiger partial charge < -0.3 is 10.1 Å². The van der Waals surface area contributed by atoms with E-state index in [4.69, 9.17) is 0 Å². The molecule has 0 heterocycles. The molecule has 0 radical (unpaired) electrons. The third kappa shape index (κ3) is 9.98. The fourth-order valence-electron chi connectivity index (χ4n) is 1.35. The van der Waals surface area contributed by atoms with E-state index >= 15 is 0 Å². The first-order chi connectivity index (χ1) is 9.06. The van der Waals surface area contributed by atoms with Crippen LogP contribution in [0.25, 0.3) is 0 Å². The Morgan fingerprint density at radius 1 is 1.35 bits per heavy atom. The van der Waals surface area contributed by atoms with Crippen molar-refractivity contribution in [3.05, 3.63) is 0 Å². The van der Waals surface area contributed by atoms with Gasteiger partial charge in [0.15, 0.2) is 0 Å². The lowest BCUT2D eigenvalue weighted by molar-refractivity contribution is -0.175. The summed E-state index contributed by atoms with van der Waals surface area (Å²) >= 11 is 0. The lowest BCUT2D eigenvalue weighted by Crippen LogP contribution is -2.34. The van der Waals surface area contributed by atoms with Gasteiger partial charge in [0.2, 0.25) is 15.9 Å². The van der Waals surface area contributed by atoms with Crippen LogP contribution in [0, 0.1) is 0 Å². The molecule has 0 aliphatic carbocycles. The van der Waals surface area contributed by atoms with Crippen molar-refractivity contribution in [1.29, 1.82) is 0 Å². The predicted molar refractivity (Wildman–Crippen MR) is 66.6 cm³/mol. The van der Waals surface area contributed by atoms with Crippen LogP contribution >= 0.6 is 0 Å². The van der Waals surface area contributed by atoms with Crippen molar-refractivity contribution < 1.29 is 31.1 Å². The number of amides is 1. The number of halogens is 3. The van der Waals surface area contributed by atoms with Gasteiger partial charge in [-0.2, -0.15) is 13.2 Å². The molecule has 6 nitrogen and oxygen atoms in total. The second-order valence-electron chi connectivity index (χ2n) is 4.07. The summed E-state index contributed by atoms with van der Waals surface area (Å²) in [5.74, 6) is -0.670. The van der Waals surface area contributed by atoms with Crippen molar-refractivity contribution in [1.82, 2.24) is 9.62 Å². The number of ether oxygens (including phenoxy) is 1. The number of hydrogen-bond acceptors (Lipinski definition) is 4. The van der Waals surface area contributed by atoms with Gasteiger partial charge in [-0.25, -0.2) is 12.7 Å². The van der Waals surface area contributed by atoms with Gasteiger partial charge in [-0.3, -0.25) is 4.79 Å². The fraction of sp³-hybridized carbons (Fsp3) is 0.900. The number of carbonyl (C=O) groups excluding carboxylic acids is 1. The number of nitrogens with one attached hydrogen (secondary N) is 1. The van der Waals surface area contributed by atoms with Crippen molar-refractivity contribution in [2.75, 3.05) is 39.1 Å². The van der Waals surface area contributed by atoms with Crippen LogP contribution in [-0.2, 0) is 19.6 Å². The van der Waals surface area contributed by atoms with E-state index in [1.165, 1.54) is 4.31 Å². The first-order valence-electron chi connectivity index (χ1n) is 5.92. The van der Waals surface area contributed by atoms with E-state index in [1.807, 2.05) is 0 Å². The van der Waals surface area contributed by atoms with Gasteiger partial charge in [-0.1, -0.05) is 6.92 Å². The third-order valence-electron chi connectivity index (χ3n) is 2.23. The summed E-state index contributed by atoms with van der Waals surface area (Å²) < 4.78 is 63.1. The third-order valence-corrected chi connectivity index (χ3v) is 3.61. The number of nitrogens with zero attached hydrogens (tertiary/aromatic N) is 1. The highest BCUT2D eigenvalue weighted by atomic mass is 32.2. The summed E-state index contributed by atoms with van der Waals surface area (Å²) in [4.78, 5) is 11.1. The summed E-state index contributed by atoms with van der Waals surface area (Å²) in [6, 6.07) is 0. The molecule has 10 heteroatoms. The summed E-state index contributed by atoms with van der Waals surface area (Å²) in [5.41, 5.74) is 0. The van der Waals surface area contributed by atoms with Gasteiger partial charge in [0.05, 0.1) is 6.26 Å². The summed E-state index contributed by atoms with van der Waals surface area (Å²) in [5, 5.41) is 2.35. The normalized spacial score (nSPS) is 12.7. The molecular formula is C10H19F3N2O4S. The smallest absolute Gasteiger partial charge is 0.362 e. The molecule has 1 amide bonds. The minimum atomic E-state index is -4.46. The van der Waals surface area contributed by atoms with Crippen LogP contribution in [0.1, 0.15) is 13.3 Å². The van der Waals surface area contributed by atoms with Gasteiger partial charge in [0.1, 0.15) is 13.2 Å². The Bertz CT molecular complexity index is 398. The van der Waals surface area contributed by atoms with Crippen LogP contribution < -0.4 is 5.32 Å². The molecule has 0 aromatic heterocycles. The molecule has 0 unspecified atom stereocenters. The maximum atomic E-state index is 11.7. The average Bonchev–Trinajstić information content (AvgIpc) is 2.25. The Morgan fingerprint density at radius 2 is 1.95 bits per heavy atom. The summed E-state index contributed by atoms with van der Waals surface area (Å²) in [7, 11) is -3.28. The highest BCUT2D eigenvalue weighted by molar-refractivity contribution is 7.88. The molecular weight excluding hydrogens is 301 g/mol. The summed E-state index contributed by atoms with van der Waals surface area (Å²) in [6.07, 6.45) is -3.01. The zero-order valence-corrected chi connectivity index (χ0v) is 12.2. The predicted octanol–water partition coefficient (Wildman–Crippen LogP) is 0.353. The number of sulfonamides is 1. The molecule has 120 valence electrons.